The summed E-state index contributed by atoms with van der Waals surface area (Å²) < 4.78 is 45.2. The molecule has 0 radical (unpaired) electrons. The predicted molar refractivity (Wildman–Crippen MR) is 156 cm³/mol. The molecule has 9 heteroatoms. The van der Waals surface area contributed by atoms with E-state index in [-0.39, 0.29) is 19.8 Å². The Hall–Kier alpha value is -0.990. The van der Waals surface area contributed by atoms with Crippen molar-refractivity contribution in [1.82, 2.24) is 0 Å². The van der Waals surface area contributed by atoms with Crippen LogP contribution in [0.1, 0.15) is 104 Å². The van der Waals surface area contributed by atoms with E-state index in [1.807, 2.05) is 13.0 Å². The van der Waals surface area contributed by atoms with Gasteiger partial charge >= 0.3 is 7.82 Å². The van der Waals surface area contributed by atoms with Gasteiger partial charge in [-0.3, -0.25) is 9.05 Å². The predicted octanol–water partition coefficient (Wildman–Crippen LogP) is 8.69. The van der Waals surface area contributed by atoms with Crippen LogP contribution in [0.25, 0.3) is 0 Å². The lowest BCUT2D eigenvalue weighted by Crippen LogP contribution is -2.12. The molecule has 0 fully saturated rings. The molecule has 1 aromatic carbocycles. The molecule has 0 amide bonds. The SMILES string of the molecule is CCCCCCCCCCCCCCCCOP(=O)(OCCOCCOCCOCC)OOc1ccccc1. The maximum absolute atomic E-state index is 13.1. The zero-order valence-corrected chi connectivity index (χ0v) is 25.6. The maximum Gasteiger partial charge on any atom is 0.511 e. The highest BCUT2D eigenvalue weighted by molar-refractivity contribution is 7.48. The molecule has 0 aliphatic heterocycles. The molecule has 0 bridgehead atoms. The van der Waals surface area contributed by atoms with E-state index < -0.39 is 7.82 Å². The van der Waals surface area contributed by atoms with Crippen molar-refractivity contribution in [3.63, 3.8) is 0 Å². The highest BCUT2D eigenvalue weighted by Gasteiger charge is 2.29. The fourth-order valence-electron chi connectivity index (χ4n) is 3.91. The van der Waals surface area contributed by atoms with Gasteiger partial charge in [-0.15, -0.1) is 0 Å². The Morgan fingerprint density at radius 3 is 1.54 bits per heavy atom. The van der Waals surface area contributed by atoms with E-state index in [4.69, 9.17) is 32.8 Å². The molecular weight excluding hydrogens is 519 g/mol. The highest BCUT2D eigenvalue weighted by Crippen LogP contribution is 2.49. The molecule has 1 aromatic rings. The first-order chi connectivity index (χ1) is 19.2. The number of phosphoric acid groups is 1. The van der Waals surface area contributed by atoms with Crippen molar-refractivity contribution in [1.29, 1.82) is 0 Å². The minimum atomic E-state index is -3.90. The quantitative estimate of drug-likeness (QED) is 0.0391. The number of rotatable bonds is 30. The van der Waals surface area contributed by atoms with Crippen molar-refractivity contribution in [2.24, 2.45) is 0 Å². The summed E-state index contributed by atoms with van der Waals surface area (Å²) in [6.45, 7) is 7.40. The highest BCUT2D eigenvalue weighted by atomic mass is 31.2. The van der Waals surface area contributed by atoms with Gasteiger partial charge in [-0.25, -0.2) is 4.57 Å². The first-order valence-electron chi connectivity index (χ1n) is 15.2. The molecule has 0 spiro atoms. The molecule has 228 valence electrons. The van der Waals surface area contributed by atoms with Crippen molar-refractivity contribution < 1.29 is 37.4 Å². The normalized spacial score (nSPS) is 13.0. The van der Waals surface area contributed by atoms with E-state index in [0.29, 0.717) is 38.8 Å². The third-order valence-corrected chi connectivity index (χ3v) is 7.40. The van der Waals surface area contributed by atoms with E-state index in [9.17, 15) is 4.57 Å². The van der Waals surface area contributed by atoms with E-state index in [1.54, 1.807) is 24.3 Å². The first kappa shape index (κ1) is 36.0. The van der Waals surface area contributed by atoms with Crippen LogP contribution in [0.15, 0.2) is 30.3 Å². The third-order valence-electron chi connectivity index (χ3n) is 6.14. The second kappa shape index (κ2) is 27.2. The molecule has 0 aromatic heterocycles. The number of benzene rings is 1. The molecule has 1 rings (SSSR count). The summed E-state index contributed by atoms with van der Waals surface area (Å²) >= 11 is 0. The molecule has 0 saturated heterocycles. The number of ether oxygens (including phenoxy) is 3. The summed E-state index contributed by atoms with van der Waals surface area (Å²) in [5, 5.41) is 0. The Bertz CT molecular complexity index is 676. The Labute approximate surface area is 237 Å². The van der Waals surface area contributed by atoms with Gasteiger partial charge in [0.2, 0.25) is 0 Å². The van der Waals surface area contributed by atoms with Crippen molar-refractivity contribution in [3.05, 3.63) is 30.3 Å². The van der Waals surface area contributed by atoms with Crippen LogP contribution in [0.4, 0.5) is 0 Å². The van der Waals surface area contributed by atoms with Crippen LogP contribution in [0.2, 0.25) is 0 Å². The average molecular weight is 575 g/mol. The van der Waals surface area contributed by atoms with E-state index >= 15 is 0 Å². The van der Waals surface area contributed by atoms with E-state index in [1.165, 1.54) is 70.6 Å². The first-order valence-corrected chi connectivity index (χ1v) is 16.7. The van der Waals surface area contributed by atoms with Crippen molar-refractivity contribution in [2.75, 3.05) is 52.9 Å². The molecule has 0 aliphatic carbocycles. The molecule has 1 unspecified atom stereocenters. The fourth-order valence-corrected chi connectivity index (χ4v) is 4.90. The Morgan fingerprint density at radius 1 is 0.538 bits per heavy atom. The van der Waals surface area contributed by atoms with Crippen LogP contribution in [-0.4, -0.2) is 52.9 Å². The zero-order valence-electron chi connectivity index (χ0n) is 24.7. The van der Waals surface area contributed by atoms with Crippen molar-refractivity contribution in [3.8, 4) is 5.75 Å². The van der Waals surface area contributed by atoms with Crippen LogP contribution in [0, 0.1) is 0 Å². The fraction of sp³-hybridized carbons (Fsp3) is 0.800. The smallest absolute Gasteiger partial charge is 0.379 e. The Morgan fingerprint density at radius 2 is 1.00 bits per heavy atom. The van der Waals surface area contributed by atoms with Gasteiger partial charge < -0.3 is 19.1 Å². The molecule has 0 heterocycles. The summed E-state index contributed by atoms with van der Waals surface area (Å²) in [7, 11) is -3.90. The standard InChI is InChI=1S/C30H55O8P/c1-3-5-6-7-8-9-10-11-12-13-14-15-16-20-23-35-39(31,38-37-30-21-18-17-19-22-30)36-29-28-34-27-26-33-25-24-32-4-2/h17-19,21-22H,3-16,20,23-29H2,1-2H3. The monoisotopic (exact) mass is 574 g/mol. The lowest BCUT2D eigenvalue weighted by atomic mass is 10.0. The summed E-state index contributed by atoms with van der Waals surface area (Å²) in [5.41, 5.74) is 0. The largest absolute Gasteiger partial charge is 0.511 e. The number of phosphoric ester groups is 1. The van der Waals surface area contributed by atoms with Gasteiger partial charge in [-0.1, -0.05) is 113 Å². The van der Waals surface area contributed by atoms with Crippen LogP contribution in [-0.2, 0) is 32.5 Å². The maximum atomic E-state index is 13.1. The van der Waals surface area contributed by atoms with Crippen molar-refractivity contribution >= 4 is 7.82 Å². The number of hydrogen-bond donors (Lipinski definition) is 0. The van der Waals surface area contributed by atoms with Gasteiger partial charge in [0.25, 0.3) is 0 Å². The Kier molecular flexibility index (Phi) is 25.1. The molecule has 0 saturated carbocycles. The molecule has 39 heavy (non-hydrogen) atoms. The lowest BCUT2D eigenvalue weighted by molar-refractivity contribution is -0.134. The third kappa shape index (κ3) is 23.4. The molecule has 0 N–H and O–H groups in total. The van der Waals surface area contributed by atoms with Crippen LogP contribution < -0.4 is 4.89 Å². The van der Waals surface area contributed by atoms with Gasteiger partial charge in [0.15, 0.2) is 5.75 Å². The number of para-hydroxylation sites is 1. The molecule has 0 aliphatic rings. The summed E-state index contributed by atoms with van der Waals surface area (Å²) in [5.74, 6) is 0.418. The van der Waals surface area contributed by atoms with Crippen molar-refractivity contribution in [2.45, 2.75) is 104 Å². The number of unbranched alkanes of at least 4 members (excludes halogenated alkanes) is 13. The van der Waals surface area contributed by atoms with Gasteiger partial charge in [0.1, 0.15) is 0 Å². The van der Waals surface area contributed by atoms with E-state index in [2.05, 4.69) is 6.92 Å². The number of hydrogen-bond acceptors (Lipinski definition) is 8. The van der Waals surface area contributed by atoms with Gasteiger partial charge in [-0.05, 0) is 25.5 Å². The van der Waals surface area contributed by atoms with Gasteiger partial charge in [0, 0.05) is 6.61 Å². The topological polar surface area (TPSA) is 81.7 Å². The van der Waals surface area contributed by atoms with E-state index in [0.717, 1.165) is 19.3 Å². The zero-order chi connectivity index (χ0) is 28.1. The second-order valence-electron chi connectivity index (χ2n) is 9.60. The molecular formula is C30H55O8P. The molecule has 1 atom stereocenters. The minimum absolute atomic E-state index is 0.0487. The van der Waals surface area contributed by atoms with Crippen LogP contribution in [0.3, 0.4) is 0 Å². The minimum Gasteiger partial charge on any atom is -0.379 e. The summed E-state index contributed by atoms with van der Waals surface area (Å²) in [4.78, 5) is 5.20. The van der Waals surface area contributed by atoms with Crippen LogP contribution >= 0.6 is 7.82 Å². The van der Waals surface area contributed by atoms with Gasteiger partial charge in [-0.2, -0.15) is 0 Å². The summed E-state index contributed by atoms with van der Waals surface area (Å²) in [6, 6.07) is 8.85. The lowest BCUT2D eigenvalue weighted by Gasteiger charge is -2.17. The Balaban J connectivity index is 2.14. The molecule has 8 nitrogen and oxygen atoms in total. The average Bonchev–Trinajstić information content (AvgIpc) is 2.96. The van der Waals surface area contributed by atoms with Gasteiger partial charge in [0.05, 0.1) is 46.2 Å². The summed E-state index contributed by atoms with van der Waals surface area (Å²) in [6.07, 6.45) is 17.8. The second-order valence-corrected chi connectivity index (χ2v) is 11.2. The van der Waals surface area contributed by atoms with Crippen LogP contribution in [0.5, 0.6) is 5.75 Å².